The van der Waals surface area contributed by atoms with Crippen LogP contribution in [-0.2, 0) is 18.4 Å². The zero-order valence-electron chi connectivity index (χ0n) is 17.5. The van der Waals surface area contributed by atoms with Crippen LogP contribution in [0.3, 0.4) is 0 Å². The standard InChI is InChI=1S/C29H25N/c1-30(2)19-20-15-16-22-18-21-9-3-6-12-25(21)29(28(22)17-20)26-13-7-4-10-23(26)24-11-5-8-14-27(24)29/h3-17H,18-19H2,1-2H3. The first-order chi connectivity index (χ1) is 14.7. The summed E-state index contributed by atoms with van der Waals surface area (Å²) in [6, 6.07) is 34.3. The minimum absolute atomic E-state index is 0.236. The molecule has 0 unspecified atom stereocenters. The van der Waals surface area contributed by atoms with Crippen molar-refractivity contribution in [1.82, 2.24) is 4.90 Å². The van der Waals surface area contributed by atoms with Gasteiger partial charge in [-0.05, 0) is 70.6 Å². The summed E-state index contributed by atoms with van der Waals surface area (Å²) in [5, 5.41) is 0. The van der Waals surface area contributed by atoms with E-state index in [2.05, 4.69) is 110 Å². The first-order valence-electron chi connectivity index (χ1n) is 10.7. The molecule has 0 heterocycles. The molecule has 0 fully saturated rings. The molecule has 0 bridgehead atoms. The molecule has 30 heavy (non-hydrogen) atoms. The van der Waals surface area contributed by atoms with Crippen molar-refractivity contribution in [1.29, 1.82) is 0 Å². The van der Waals surface area contributed by atoms with Gasteiger partial charge in [-0.2, -0.15) is 0 Å². The lowest BCUT2D eigenvalue weighted by molar-refractivity contribution is 0.402. The molecule has 0 amide bonds. The first kappa shape index (κ1) is 17.7. The second kappa shape index (κ2) is 6.42. The van der Waals surface area contributed by atoms with Gasteiger partial charge in [0.05, 0.1) is 5.41 Å². The van der Waals surface area contributed by atoms with E-state index in [1.807, 2.05) is 0 Å². The highest BCUT2D eigenvalue weighted by molar-refractivity contribution is 5.87. The molecular weight excluding hydrogens is 362 g/mol. The van der Waals surface area contributed by atoms with E-state index in [1.54, 1.807) is 0 Å². The summed E-state index contributed by atoms with van der Waals surface area (Å²) in [5.74, 6) is 0. The van der Waals surface area contributed by atoms with Crippen LogP contribution in [0.25, 0.3) is 11.1 Å². The van der Waals surface area contributed by atoms with Gasteiger partial charge in [-0.15, -0.1) is 0 Å². The molecule has 2 aliphatic rings. The van der Waals surface area contributed by atoms with E-state index in [0.717, 1.165) is 13.0 Å². The van der Waals surface area contributed by atoms with E-state index in [9.17, 15) is 0 Å². The maximum Gasteiger partial charge on any atom is 0.0719 e. The van der Waals surface area contributed by atoms with Gasteiger partial charge < -0.3 is 4.90 Å². The van der Waals surface area contributed by atoms with Crippen LogP contribution in [0.15, 0.2) is 91.0 Å². The van der Waals surface area contributed by atoms with Gasteiger partial charge in [-0.25, -0.2) is 0 Å². The molecule has 6 rings (SSSR count). The zero-order chi connectivity index (χ0) is 20.3. The predicted octanol–water partition coefficient (Wildman–Crippen LogP) is 6.02. The number of nitrogens with zero attached hydrogens (tertiary/aromatic N) is 1. The topological polar surface area (TPSA) is 3.24 Å². The van der Waals surface area contributed by atoms with Gasteiger partial charge in [-0.3, -0.25) is 0 Å². The number of fused-ring (bicyclic) bond motifs is 9. The monoisotopic (exact) mass is 387 g/mol. The lowest BCUT2D eigenvalue weighted by atomic mass is 9.61. The molecule has 1 spiro atoms. The van der Waals surface area contributed by atoms with E-state index < -0.39 is 0 Å². The highest BCUT2D eigenvalue weighted by Gasteiger charge is 2.49. The third-order valence-corrected chi connectivity index (χ3v) is 6.83. The summed E-state index contributed by atoms with van der Waals surface area (Å²) in [5.41, 5.74) is 12.5. The fourth-order valence-electron chi connectivity index (χ4n) is 5.80. The van der Waals surface area contributed by atoms with Gasteiger partial charge in [0.15, 0.2) is 0 Å². The normalized spacial score (nSPS) is 14.9. The Balaban J connectivity index is 1.76. The molecule has 2 aliphatic carbocycles. The second-order valence-electron chi connectivity index (χ2n) is 8.90. The van der Waals surface area contributed by atoms with Crippen LogP contribution in [0.5, 0.6) is 0 Å². The Morgan fingerprint density at radius 1 is 0.633 bits per heavy atom. The molecule has 0 N–H and O–H groups in total. The number of hydrogen-bond donors (Lipinski definition) is 0. The minimum Gasteiger partial charge on any atom is -0.305 e. The Kier molecular flexibility index (Phi) is 3.78. The van der Waals surface area contributed by atoms with Crippen LogP contribution in [0.2, 0.25) is 0 Å². The van der Waals surface area contributed by atoms with Crippen LogP contribution < -0.4 is 0 Å². The van der Waals surface area contributed by atoms with Gasteiger partial charge in [0.1, 0.15) is 0 Å². The lowest BCUT2D eigenvalue weighted by Gasteiger charge is -2.40. The van der Waals surface area contributed by atoms with E-state index in [0.29, 0.717) is 0 Å². The molecule has 1 heteroatoms. The fourth-order valence-corrected chi connectivity index (χ4v) is 5.80. The van der Waals surface area contributed by atoms with Crippen LogP contribution in [0.1, 0.15) is 38.9 Å². The maximum atomic E-state index is 2.48. The van der Waals surface area contributed by atoms with E-state index in [-0.39, 0.29) is 5.41 Å². The molecule has 0 aliphatic heterocycles. The SMILES string of the molecule is CN(C)Cc1ccc2c(c1)C1(c3ccccc3C2)c2ccccc2-c2ccccc21. The van der Waals surface area contributed by atoms with Crippen LogP contribution in [0, 0.1) is 0 Å². The summed E-state index contributed by atoms with van der Waals surface area (Å²) in [6.07, 6.45) is 1.000. The zero-order valence-corrected chi connectivity index (χ0v) is 17.5. The molecule has 4 aromatic carbocycles. The van der Waals surface area contributed by atoms with Gasteiger partial charge in [-0.1, -0.05) is 91.0 Å². The summed E-state index contributed by atoms with van der Waals surface area (Å²) in [7, 11) is 4.29. The Labute approximate surface area is 178 Å². The third kappa shape index (κ3) is 2.27. The van der Waals surface area contributed by atoms with Crippen molar-refractivity contribution in [3.8, 4) is 11.1 Å². The average Bonchev–Trinajstić information content (AvgIpc) is 3.06. The average molecular weight is 388 g/mol. The van der Waals surface area contributed by atoms with Gasteiger partial charge in [0.2, 0.25) is 0 Å². The Hall–Kier alpha value is -3.16. The summed E-state index contributed by atoms with van der Waals surface area (Å²) >= 11 is 0. The van der Waals surface area contributed by atoms with Crippen molar-refractivity contribution in [3.05, 3.63) is 130 Å². The van der Waals surface area contributed by atoms with Crippen LogP contribution in [-0.4, -0.2) is 19.0 Å². The molecular formula is C29H25N. The van der Waals surface area contributed by atoms with Crippen molar-refractivity contribution in [2.75, 3.05) is 14.1 Å². The molecule has 0 aromatic heterocycles. The molecule has 0 saturated carbocycles. The van der Waals surface area contributed by atoms with E-state index >= 15 is 0 Å². The van der Waals surface area contributed by atoms with Crippen molar-refractivity contribution in [3.63, 3.8) is 0 Å². The Bertz CT molecular complexity index is 1240. The molecule has 0 saturated heterocycles. The lowest BCUT2D eigenvalue weighted by Crippen LogP contribution is -2.34. The van der Waals surface area contributed by atoms with Crippen LogP contribution >= 0.6 is 0 Å². The third-order valence-electron chi connectivity index (χ3n) is 6.83. The van der Waals surface area contributed by atoms with Crippen molar-refractivity contribution in [2.24, 2.45) is 0 Å². The quantitative estimate of drug-likeness (QED) is 0.351. The van der Waals surface area contributed by atoms with Gasteiger partial charge >= 0.3 is 0 Å². The molecule has 0 radical (unpaired) electrons. The second-order valence-corrected chi connectivity index (χ2v) is 8.90. The van der Waals surface area contributed by atoms with E-state index in [4.69, 9.17) is 0 Å². The van der Waals surface area contributed by atoms with Crippen molar-refractivity contribution >= 4 is 0 Å². The number of rotatable bonds is 2. The maximum absolute atomic E-state index is 2.48. The first-order valence-corrected chi connectivity index (χ1v) is 10.7. The molecule has 1 nitrogen and oxygen atoms in total. The summed E-state index contributed by atoms with van der Waals surface area (Å²) < 4.78 is 0. The summed E-state index contributed by atoms with van der Waals surface area (Å²) in [4.78, 5) is 2.25. The van der Waals surface area contributed by atoms with Gasteiger partial charge in [0.25, 0.3) is 0 Å². The Morgan fingerprint density at radius 2 is 1.20 bits per heavy atom. The largest absolute Gasteiger partial charge is 0.305 e. The van der Waals surface area contributed by atoms with Gasteiger partial charge in [0, 0.05) is 6.54 Å². The number of hydrogen-bond acceptors (Lipinski definition) is 1. The molecule has 146 valence electrons. The predicted molar refractivity (Wildman–Crippen MR) is 124 cm³/mol. The fraction of sp³-hybridized carbons (Fsp3) is 0.172. The van der Waals surface area contributed by atoms with Crippen molar-refractivity contribution in [2.45, 2.75) is 18.4 Å². The smallest absolute Gasteiger partial charge is 0.0719 e. The van der Waals surface area contributed by atoms with Crippen LogP contribution in [0.4, 0.5) is 0 Å². The van der Waals surface area contributed by atoms with Crippen molar-refractivity contribution < 1.29 is 0 Å². The summed E-state index contributed by atoms with van der Waals surface area (Å²) in [6.45, 7) is 0.953. The Morgan fingerprint density at radius 3 is 1.87 bits per heavy atom. The molecule has 0 atom stereocenters. The molecule has 4 aromatic rings. The minimum atomic E-state index is -0.236. The highest BCUT2D eigenvalue weighted by Crippen LogP contribution is 2.59. The highest BCUT2D eigenvalue weighted by atomic mass is 15.0. The van der Waals surface area contributed by atoms with E-state index in [1.165, 1.54) is 50.1 Å². The number of benzene rings is 4.